The van der Waals surface area contributed by atoms with Gasteiger partial charge in [0.2, 0.25) is 10.0 Å². The normalized spacial score (nSPS) is 20.6. The quantitative estimate of drug-likeness (QED) is 0.856. The van der Waals surface area contributed by atoms with Crippen LogP contribution >= 0.6 is 11.8 Å². The molecule has 1 atom stereocenters. The summed E-state index contributed by atoms with van der Waals surface area (Å²) >= 11 is 1.34. The van der Waals surface area contributed by atoms with Gasteiger partial charge in [0.1, 0.15) is 6.04 Å². The molecule has 2 rings (SSSR count). The molecule has 1 aromatic rings. The third-order valence-corrected chi connectivity index (χ3v) is 6.04. The molecule has 1 aliphatic rings. The molecule has 0 aromatic heterocycles. The number of benzene rings is 1. The Labute approximate surface area is 116 Å². The zero-order valence-corrected chi connectivity index (χ0v) is 12.1. The number of aliphatic carboxylic acids is 1. The monoisotopic (exact) mass is 301 g/mol. The van der Waals surface area contributed by atoms with E-state index in [4.69, 9.17) is 5.11 Å². The van der Waals surface area contributed by atoms with Crippen LogP contribution in [0.4, 0.5) is 0 Å². The van der Waals surface area contributed by atoms with Crippen LogP contribution in [0.25, 0.3) is 0 Å². The lowest BCUT2D eigenvalue weighted by atomic mass is 10.2. The highest BCUT2D eigenvalue weighted by Crippen LogP contribution is 2.31. The Morgan fingerprint density at radius 3 is 2.74 bits per heavy atom. The summed E-state index contributed by atoms with van der Waals surface area (Å²) in [4.78, 5) is 12.0. The van der Waals surface area contributed by atoms with Crippen molar-refractivity contribution in [3.05, 3.63) is 24.3 Å². The van der Waals surface area contributed by atoms with Crippen molar-refractivity contribution < 1.29 is 18.3 Å². The van der Waals surface area contributed by atoms with E-state index < -0.39 is 22.0 Å². The summed E-state index contributed by atoms with van der Waals surface area (Å²) < 4.78 is 26.3. The minimum absolute atomic E-state index is 0.190. The van der Waals surface area contributed by atoms with Crippen molar-refractivity contribution in [2.24, 2.45) is 0 Å². The summed E-state index contributed by atoms with van der Waals surface area (Å²) in [6.45, 7) is 0.266. The fourth-order valence-electron chi connectivity index (χ4n) is 2.23. The summed E-state index contributed by atoms with van der Waals surface area (Å²) in [7, 11) is -3.74. The lowest BCUT2D eigenvalue weighted by Gasteiger charge is -2.22. The third kappa shape index (κ3) is 2.63. The second kappa shape index (κ2) is 5.52. The molecule has 0 spiro atoms. The average molecular weight is 301 g/mol. The van der Waals surface area contributed by atoms with Crippen LogP contribution in [-0.2, 0) is 14.8 Å². The maximum Gasteiger partial charge on any atom is 0.322 e. The second-order valence-electron chi connectivity index (χ2n) is 4.26. The van der Waals surface area contributed by atoms with Gasteiger partial charge in [0, 0.05) is 11.4 Å². The first-order valence-electron chi connectivity index (χ1n) is 5.86. The van der Waals surface area contributed by atoms with Crippen molar-refractivity contribution in [1.82, 2.24) is 4.31 Å². The number of thioether (sulfide) groups is 1. The molecule has 5 nitrogen and oxygen atoms in total. The maximum atomic E-state index is 12.6. The van der Waals surface area contributed by atoms with Crippen molar-refractivity contribution in [3.8, 4) is 0 Å². The molecular weight excluding hydrogens is 286 g/mol. The van der Waals surface area contributed by atoms with Gasteiger partial charge >= 0.3 is 5.97 Å². The van der Waals surface area contributed by atoms with Gasteiger partial charge in [-0.1, -0.05) is 12.1 Å². The maximum absolute atomic E-state index is 12.6. The third-order valence-electron chi connectivity index (χ3n) is 3.14. The van der Waals surface area contributed by atoms with Crippen molar-refractivity contribution in [1.29, 1.82) is 0 Å². The highest BCUT2D eigenvalue weighted by molar-refractivity contribution is 7.99. The van der Waals surface area contributed by atoms with Gasteiger partial charge in [-0.3, -0.25) is 4.79 Å². The zero-order chi connectivity index (χ0) is 14.0. The van der Waals surface area contributed by atoms with Crippen LogP contribution in [-0.4, -0.2) is 42.6 Å². The molecule has 104 valence electrons. The van der Waals surface area contributed by atoms with Gasteiger partial charge in [0.15, 0.2) is 0 Å². The average Bonchev–Trinajstić information content (AvgIpc) is 2.88. The Balaban J connectivity index is 2.45. The smallest absolute Gasteiger partial charge is 0.322 e. The van der Waals surface area contributed by atoms with Crippen molar-refractivity contribution in [3.63, 3.8) is 0 Å². The van der Waals surface area contributed by atoms with Gasteiger partial charge in [0.25, 0.3) is 0 Å². The van der Waals surface area contributed by atoms with Crippen LogP contribution in [0.5, 0.6) is 0 Å². The Morgan fingerprint density at radius 2 is 2.11 bits per heavy atom. The molecule has 0 radical (unpaired) electrons. The Bertz CT molecular complexity index is 585. The molecule has 1 aliphatic heterocycles. The van der Waals surface area contributed by atoms with Crippen molar-refractivity contribution in [2.75, 3.05) is 12.8 Å². The summed E-state index contributed by atoms with van der Waals surface area (Å²) in [5.41, 5.74) is 0. The minimum Gasteiger partial charge on any atom is -0.480 e. The molecular formula is C12H15NO4S2. The van der Waals surface area contributed by atoms with E-state index >= 15 is 0 Å². The molecule has 0 bridgehead atoms. The topological polar surface area (TPSA) is 74.7 Å². The summed E-state index contributed by atoms with van der Waals surface area (Å²) in [6, 6.07) is 5.73. The number of carboxylic acid groups (broad SMARTS) is 1. The predicted octanol–water partition coefficient (Wildman–Crippen LogP) is 1.65. The van der Waals surface area contributed by atoms with Gasteiger partial charge in [-0.15, -0.1) is 11.8 Å². The summed E-state index contributed by atoms with van der Waals surface area (Å²) in [5.74, 6) is -1.08. The fraction of sp³-hybridized carbons (Fsp3) is 0.417. The first-order valence-corrected chi connectivity index (χ1v) is 8.52. The van der Waals surface area contributed by atoms with Gasteiger partial charge in [-0.05, 0) is 31.2 Å². The molecule has 1 saturated heterocycles. The van der Waals surface area contributed by atoms with Gasteiger partial charge < -0.3 is 5.11 Å². The van der Waals surface area contributed by atoms with Gasteiger partial charge in [-0.25, -0.2) is 8.42 Å². The van der Waals surface area contributed by atoms with E-state index in [2.05, 4.69) is 0 Å². The number of rotatable bonds is 4. The molecule has 0 aliphatic carbocycles. The lowest BCUT2D eigenvalue weighted by Crippen LogP contribution is -2.40. The van der Waals surface area contributed by atoms with E-state index in [0.717, 1.165) is 4.31 Å². The predicted molar refractivity (Wildman–Crippen MR) is 72.8 cm³/mol. The number of hydrogen-bond acceptors (Lipinski definition) is 4. The summed E-state index contributed by atoms with van der Waals surface area (Å²) in [5, 5.41) is 9.11. The van der Waals surface area contributed by atoms with E-state index in [1.54, 1.807) is 24.5 Å². The van der Waals surface area contributed by atoms with E-state index in [-0.39, 0.29) is 11.4 Å². The molecule has 0 unspecified atom stereocenters. The van der Waals surface area contributed by atoms with Crippen LogP contribution < -0.4 is 0 Å². The first kappa shape index (κ1) is 14.4. The van der Waals surface area contributed by atoms with Gasteiger partial charge in [-0.2, -0.15) is 4.31 Å². The molecule has 1 aromatic carbocycles. The molecule has 1 fully saturated rings. The Hall–Kier alpha value is -1.05. The Kier molecular flexibility index (Phi) is 4.17. The molecule has 7 heteroatoms. The molecule has 1 heterocycles. The fourth-order valence-corrected chi connectivity index (χ4v) is 5.01. The number of carbonyl (C=O) groups is 1. The number of carboxylic acids is 1. The first-order chi connectivity index (χ1) is 8.98. The Morgan fingerprint density at radius 1 is 1.42 bits per heavy atom. The van der Waals surface area contributed by atoms with Crippen LogP contribution in [0, 0.1) is 0 Å². The SMILES string of the molecule is CSc1ccccc1S(=O)(=O)N1CCC[C@H]1C(=O)O. The molecule has 19 heavy (non-hydrogen) atoms. The van der Waals surface area contributed by atoms with Crippen LogP contribution in [0.2, 0.25) is 0 Å². The van der Waals surface area contributed by atoms with E-state index in [9.17, 15) is 13.2 Å². The standard InChI is InChI=1S/C12H15NO4S2/c1-18-10-6-2-3-7-11(10)19(16,17)13-8-4-5-9(13)12(14)15/h2-3,6-7,9H,4-5,8H2,1H3,(H,14,15)/t9-/m0/s1. The number of nitrogens with zero attached hydrogens (tertiary/aromatic N) is 1. The largest absolute Gasteiger partial charge is 0.480 e. The molecule has 0 amide bonds. The van der Waals surface area contributed by atoms with E-state index in [1.165, 1.54) is 17.8 Å². The molecule has 1 N–H and O–H groups in total. The van der Waals surface area contributed by atoms with Crippen LogP contribution in [0.15, 0.2) is 34.1 Å². The van der Waals surface area contributed by atoms with Crippen LogP contribution in [0.1, 0.15) is 12.8 Å². The minimum atomic E-state index is -3.74. The second-order valence-corrected chi connectivity index (χ2v) is 6.97. The highest BCUT2D eigenvalue weighted by atomic mass is 32.2. The van der Waals surface area contributed by atoms with Crippen molar-refractivity contribution >= 4 is 27.8 Å². The van der Waals surface area contributed by atoms with E-state index in [1.807, 2.05) is 0 Å². The lowest BCUT2D eigenvalue weighted by molar-refractivity contribution is -0.140. The summed E-state index contributed by atoms with van der Waals surface area (Å²) in [6.07, 6.45) is 2.75. The number of hydrogen-bond donors (Lipinski definition) is 1. The number of sulfonamides is 1. The molecule has 0 saturated carbocycles. The highest BCUT2D eigenvalue weighted by Gasteiger charge is 2.40. The van der Waals surface area contributed by atoms with Crippen molar-refractivity contribution in [2.45, 2.75) is 28.7 Å². The van der Waals surface area contributed by atoms with Crippen LogP contribution in [0.3, 0.4) is 0 Å². The van der Waals surface area contributed by atoms with E-state index in [0.29, 0.717) is 17.7 Å². The van der Waals surface area contributed by atoms with Gasteiger partial charge in [0.05, 0.1) is 4.90 Å². The zero-order valence-electron chi connectivity index (χ0n) is 10.4.